The molecule has 9 heteroatoms. The fourth-order valence-electron chi connectivity index (χ4n) is 4.46. The fourth-order valence-corrected chi connectivity index (χ4v) is 5.00. The molecule has 0 amide bonds. The van der Waals surface area contributed by atoms with Crippen molar-refractivity contribution < 1.29 is 17.9 Å². The van der Waals surface area contributed by atoms with Gasteiger partial charge < -0.3 is 9.30 Å². The van der Waals surface area contributed by atoms with Crippen LogP contribution in [0, 0.1) is 17.2 Å². The SMILES string of the molecule is CC(C)Oc1ccc(C(=O)C[C@H](CNS(C)(=O)=O)Cc2ccc(-c3cn(C)c(C(C)(C)C)n3)cc2)cc1C#N. The zero-order valence-electron chi connectivity index (χ0n) is 23.8. The van der Waals surface area contributed by atoms with Crippen molar-refractivity contribution in [3.8, 4) is 23.1 Å². The Morgan fingerprint density at radius 3 is 2.36 bits per heavy atom. The van der Waals surface area contributed by atoms with Gasteiger partial charge in [-0.1, -0.05) is 45.0 Å². The molecule has 0 fully saturated rings. The summed E-state index contributed by atoms with van der Waals surface area (Å²) in [5.74, 6) is 0.984. The topological polar surface area (TPSA) is 114 Å². The summed E-state index contributed by atoms with van der Waals surface area (Å²) < 4.78 is 33.8. The van der Waals surface area contributed by atoms with E-state index in [0.29, 0.717) is 23.3 Å². The first-order valence-corrected chi connectivity index (χ1v) is 14.9. The summed E-state index contributed by atoms with van der Waals surface area (Å²) in [6.45, 7) is 10.2. The summed E-state index contributed by atoms with van der Waals surface area (Å²) in [5.41, 5.74) is 3.47. The van der Waals surface area contributed by atoms with Gasteiger partial charge in [-0.25, -0.2) is 18.1 Å². The van der Waals surface area contributed by atoms with E-state index in [0.717, 1.165) is 28.9 Å². The van der Waals surface area contributed by atoms with Crippen LogP contribution in [0.15, 0.2) is 48.7 Å². The molecule has 1 N–H and O–H groups in total. The molecule has 39 heavy (non-hydrogen) atoms. The summed E-state index contributed by atoms with van der Waals surface area (Å²) >= 11 is 0. The number of imidazole rings is 1. The van der Waals surface area contributed by atoms with E-state index in [9.17, 15) is 18.5 Å². The van der Waals surface area contributed by atoms with E-state index in [1.54, 1.807) is 12.1 Å². The van der Waals surface area contributed by atoms with Crippen LogP contribution in [-0.4, -0.2) is 42.7 Å². The summed E-state index contributed by atoms with van der Waals surface area (Å²) in [5, 5.41) is 9.53. The molecule has 1 aromatic heterocycles. The molecular weight excluding hydrogens is 512 g/mol. The van der Waals surface area contributed by atoms with Crippen molar-refractivity contribution in [2.45, 2.75) is 59.0 Å². The van der Waals surface area contributed by atoms with Gasteiger partial charge in [0.15, 0.2) is 5.78 Å². The lowest BCUT2D eigenvalue weighted by molar-refractivity contribution is 0.0961. The Labute approximate surface area is 232 Å². The third kappa shape index (κ3) is 8.50. The average molecular weight is 551 g/mol. The second-order valence-corrected chi connectivity index (χ2v) is 13.1. The summed E-state index contributed by atoms with van der Waals surface area (Å²) in [7, 11) is -1.44. The molecule has 2 aromatic carbocycles. The Morgan fingerprint density at radius 2 is 1.82 bits per heavy atom. The number of carbonyl (C=O) groups excluding carboxylic acids is 1. The van der Waals surface area contributed by atoms with Crippen LogP contribution in [-0.2, 0) is 28.9 Å². The lowest BCUT2D eigenvalue weighted by Gasteiger charge is -2.18. The quantitative estimate of drug-likeness (QED) is 0.335. The van der Waals surface area contributed by atoms with Crippen LogP contribution in [0.3, 0.4) is 0 Å². The molecule has 208 valence electrons. The minimum atomic E-state index is -3.43. The molecule has 0 saturated carbocycles. The molecule has 0 spiro atoms. The van der Waals surface area contributed by atoms with Gasteiger partial charge >= 0.3 is 0 Å². The van der Waals surface area contributed by atoms with Crippen molar-refractivity contribution in [3.63, 3.8) is 0 Å². The number of aryl methyl sites for hydroxylation is 1. The first-order valence-electron chi connectivity index (χ1n) is 13.0. The smallest absolute Gasteiger partial charge is 0.208 e. The minimum absolute atomic E-state index is 0.0743. The van der Waals surface area contributed by atoms with Gasteiger partial charge in [0.25, 0.3) is 0 Å². The lowest BCUT2D eigenvalue weighted by atomic mass is 9.91. The van der Waals surface area contributed by atoms with Gasteiger partial charge in [0.05, 0.1) is 23.6 Å². The average Bonchev–Trinajstić information content (AvgIpc) is 3.24. The molecule has 0 aliphatic rings. The van der Waals surface area contributed by atoms with Gasteiger partial charge in [0.1, 0.15) is 17.6 Å². The number of Topliss-reactive ketones (excluding diaryl/α,β-unsaturated/α-hetero) is 1. The van der Waals surface area contributed by atoms with E-state index >= 15 is 0 Å². The van der Waals surface area contributed by atoms with E-state index in [1.165, 1.54) is 6.07 Å². The van der Waals surface area contributed by atoms with Crippen molar-refractivity contribution in [2.75, 3.05) is 12.8 Å². The number of hydrogen-bond acceptors (Lipinski definition) is 6. The number of hydrogen-bond donors (Lipinski definition) is 1. The van der Waals surface area contributed by atoms with Crippen molar-refractivity contribution in [3.05, 3.63) is 71.2 Å². The monoisotopic (exact) mass is 550 g/mol. The maximum absolute atomic E-state index is 13.2. The second kappa shape index (κ2) is 12.1. The van der Waals surface area contributed by atoms with Crippen molar-refractivity contribution >= 4 is 15.8 Å². The first-order chi connectivity index (χ1) is 18.2. The number of sulfonamides is 1. The van der Waals surface area contributed by atoms with E-state index in [-0.39, 0.29) is 36.2 Å². The molecule has 3 aromatic rings. The largest absolute Gasteiger partial charge is 0.490 e. The number of nitriles is 1. The minimum Gasteiger partial charge on any atom is -0.490 e. The third-order valence-electron chi connectivity index (χ3n) is 6.21. The molecule has 3 rings (SSSR count). The highest BCUT2D eigenvalue weighted by molar-refractivity contribution is 7.88. The van der Waals surface area contributed by atoms with Gasteiger partial charge in [-0.3, -0.25) is 4.79 Å². The van der Waals surface area contributed by atoms with Crippen LogP contribution in [0.25, 0.3) is 11.3 Å². The number of aromatic nitrogens is 2. The number of benzene rings is 2. The highest BCUT2D eigenvalue weighted by Gasteiger charge is 2.22. The molecule has 0 aliphatic heterocycles. The molecular formula is C30H38N4O4S. The number of rotatable bonds is 11. The Hall–Kier alpha value is -3.48. The third-order valence-corrected chi connectivity index (χ3v) is 6.91. The van der Waals surface area contributed by atoms with E-state index in [4.69, 9.17) is 9.72 Å². The molecule has 0 bridgehead atoms. The maximum atomic E-state index is 13.2. The van der Waals surface area contributed by atoms with E-state index in [2.05, 4.69) is 31.6 Å². The maximum Gasteiger partial charge on any atom is 0.208 e. The van der Waals surface area contributed by atoms with Crippen LogP contribution < -0.4 is 9.46 Å². The molecule has 8 nitrogen and oxygen atoms in total. The lowest BCUT2D eigenvalue weighted by Crippen LogP contribution is -2.30. The van der Waals surface area contributed by atoms with Crippen molar-refractivity contribution in [1.82, 2.24) is 14.3 Å². The summed E-state index contributed by atoms with van der Waals surface area (Å²) in [4.78, 5) is 18.0. The zero-order valence-corrected chi connectivity index (χ0v) is 24.6. The summed E-state index contributed by atoms with van der Waals surface area (Å²) in [6, 6.07) is 14.9. The Balaban J connectivity index is 1.79. The highest BCUT2D eigenvalue weighted by atomic mass is 32.2. The zero-order chi connectivity index (χ0) is 29.0. The number of ketones is 1. The number of nitrogens with one attached hydrogen (secondary N) is 1. The highest BCUT2D eigenvalue weighted by Crippen LogP contribution is 2.27. The molecule has 1 heterocycles. The molecule has 1 atom stereocenters. The number of carbonyl (C=O) groups is 1. The van der Waals surface area contributed by atoms with Gasteiger partial charge in [0, 0.05) is 42.8 Å². The number of ether oxygens (including phenoxy) is 1. The second-order valence-electron chi connectivity index (χ2n) is 11.3. The van der Waals surface area contributed by atoms with Crippen LogP contribution in [0.2, 0.25) is 0 Å². The van der Waals surface area contributed by atoms with Crippen LogP contribution >= 0.6 is 0 Å². The standard InChI is InChI=1S/C30H38N4O4S/c1-20(2)38-28-13-12-24(16-25(28)17-31)27(35)15-22(18-32-39(7,36)37)14-21-8-10-23(11-9-21)26-19-34(6)29(33-26)30(3,4)5/h8-13,16,19-20,22,32H,14-15,18H2,1-7H3/t22-/m1/s1. The molecule has 0 unspecified atom stereocenters. The molecule has 0 aliphatic carbocycles. The van der Waals surface area contributed by atoms with Gasteiger partial charge in [-0.2, -0.15) is 5.26 Å². The predicted octanol–water partition coefficient (Wildman–Crippen LogP) is 5.02. The van der Waals surface area contributed by atoms with Gasteiger partial charge in [-0.05, 0) is 49.9 Å². The van der Waals surface area contributed by atoms with E-state index < -0.39 is 10.0 Å². The first kappa shape index (κ1) is 30.1. The van der Waals surface area contributed by atoms with Gasteiger partial charge in [-0.15, -0.1) is 0 Å². The van der Waals surface area contributed by atoms with Crippen LogP contribution in [0.1, 0.15) is 68.3 Å². The fraction of sp³-hybridized carbons (Fsp3) is 0.433. The predicted molar refractivity (Wildman–Crippen MR) is 153 cm³/mol. The van der Waals surface area contributed by atoms with E-state index in [1.807, 2.05) is 55.9 Å². The van der Waals surface area contributed by atoms with Gasteiger partial charge in [0.2, 0.25) is 10.0 Å². The van der Waals surface area contributed by atoms with Crippen LogP contribution in [0.5, 0.6) is 5.75 Å². The number of nitrogens with zero attached hydrogens (tertiary/aromatic N) is 3. The Kier molecular flexibility index (Phi) is 9.36. The molecule has 0 saturated heterocycles. The van der Waals surface area contributed by atoms with Crippen molar-refractivity contribution in [1.29, 1.82) is 5.26 Å². The molecule has 0 radical (unpaired) electrons. The van der Waals surface area contributed by atoms with Crippen LogP contribution in [0.4, 0.5) is 0 Å². The van der Waals surface area contributed by atoms with Crippen molar-refractivity contribution in [2.24, 2.45) is 13.0 Å². The summed E-state index contributed by atoms with van der Waals surface area (Å²) in [6.07, 6.45) is 3.64. The Morgan fingerprint density at radius 1 is 1.15 bits per heavy atom. The normalized spacial score (nSPS) is 12.8. The Bertz CT molecular complexity index is 1460.